The number of ether oxygens (including phenoxy) is 1. The van der Waals surface area contributed by atoms with Crippen LogP contribution in [-0.4, -0.2) is 67.5 Å². The first-order chi connectivity index (χ1) is 14.2. The van der Waals surface area contributed by atoms with Crippen molar-refractivity contribution in [3.8, 4) is 0 Å². The van der Waals surface area contributed by atoms with E-state index in [9.17, 15) is 13.2 Å². The topological polar surface area (TPSA) is 95.6 Å². The highest BCUT2D eigenvalue weighted by atomic mass is 32.2. The number of rotatable bonds is 4. The highest BCUT2D eigenvalue weighted by Gasteiger charge is 2.37. The van der Waals surface area contributed by atoms with Gasteiger partial charge >= 0.3 is 0 Å². The molecule has 1 amide bonds. The fourth-order valence-corrected chi connectivity index (χ4v) is 6.85. The maximum Gasteiger partial charge on any atom is 0.263 e. The summed E-state index contributed by atoms with van der Waals surface area (Å²) in [6.45, 7) is 4.02. The first kappa shape index (κ1) is 21.0. The molecule has 0 saturated carbocycles. The summed E-state index contributed by atoms with van der Waals surface area (Å²) >= 11 is 1.41. The molecule has 1 fully saturated rings. The molecule has 0 radical (unpaired) electrons. The first-order valence-corrected chi connectivity index (χ1v) is 11.8. The first-order valence-electron chi connectivity index (χ1n) is 9.58. The van der Waals surface area contributed by atoms with E-state index in [-0.39, 0.29) is 30.5 Å². The smallest absolute Gasteiger partial charge is 0.263 e. The van der Waals surface area contributed by atoms with E-state index in [2.05, 4.69) is 10.2 Å². The zero-order chi connectivity index (χ0) is 21.6. The minimum Gasteiger partial charge on any atom is -0.371 e. The number of nitrogens with one attached hydrogen (secondary N) is 1. The van der Waals surface area contributed by atoms with E-state index < -0.39 is 16.1 Å². The number of morpholine rings is 1. The number of sulfonamides is 1. The molecule has 1 aliphatic rings. The van der Waals surface area contributed by atoms with Gasteiger partial charge in [-0.1, -0.05) is 18.2 Å². The highest BCUT2D eigenvalue weighted by Crippen LogP contribution is 2.39. The fourth-order valence-electron chi connectivity index (χ4n) is 3.82. The van der Waals surface area contributed by atoms with Crippen molar-refractivity contribution in [1.82, 2.24) is 19.4 Å². The van der Waals surface area contributed by atoms with Gasteiger partial charge in [-0.05, 0) is 25.3 Å². The van der Waals surface area contributed by atoms with Gasteiger partial charge in [0.25, 0.3) is 5.91 Å². The molecule has 3 heterocycles. The van der Waals surface area contributed by atoms with Crippen LogP contribution >= 0.6 is 11.3 Å². The van der Waals surface area contributed by atoms with E-state index in [4.69, 9.17) is 4.74 Å². The molecular formula is C20H24N4O4S2. The Bertz CT molecular complexity index is 1190. The Morgan fingerprint density at radius 2 is 2.03 bits per heavy atom. The molecule has 1 aliphatic heterocycles. The Kier molecular flexibility index (Phi) is 5.43. The lowest BCUT2D eigenvalue weighted by molar-refractivity contribution is -0.00205. The van der Waals surface area contributed by atoms with Crippen molar-refractivity contribution in [2.45, 2.75) is 24.8 Å². The van der Waals surface area contributed by atoms with Crippen LogP contribution in [0.4, 0.5) is 0 Å². The number of hydrogen-bond donors (Lipinski definition) is 1. The van der Waals surface area contributed by atoms with Crippen molar-refractivity contribution in [2.24, 2.45) is 0 Å². The second-order valence-electron chi connectivity index (χ2n) is 7.53. The third-order valence-electron chi connectivity index (χ3n) is 5.24. The molecule has 1 aromatic carbocycles. The largest absolute Gasteiger partial charge is 0.371 e. The average Bonchev–Trinajstić information content (AvgIpc) is 3.27. The van der Waals surface area contributed by atoms with Crippen LogP contribution in [0, 0.1) is 13.8 Å². The molecule has 0 aliphatic carbocycles. The number of hydrogen-bond acceptors (Lipinski definition) is 6. The van der Waals surface area contributed by atoms with E-state index in [1.165, 1.54) is 20.5 Å². The number of carbonyl (C=O) groups excluding carboxylic acids is 1. The van der Waals surface area contributed by atoms with Crippen molar-refractivity contribution < 1.29 is 17.9 Å². The Morgan fingerprint density at radius 1 is 1.30 bits per heavy atom. The number of carbonyl (C=O) groups is 1. The molecular weight excluding hydrogens is 424 g/mol. The van der Waals surface area contributed by atoms with E-state index in [0.717, 1.165) is 15.6 Å². The Balaban J connectivity index is 1.76. The summed E-state index contributed by atoms with van der Waals surface area (Å²) in [7, 11) is -0.324. The summed E-state index contributed by atoms with van der Waals surface area (Å²) in [5, 5.41) is 7.70. The van der Waals surface area contributed by atoms with Crippen LogP contribution < -0.4 is 0 Å². The number of nitrogens with zero attached hydrogens (tertiary/aromatic N) is 3. The maximum absolute atomic E-state index is 13.3. The highest BCUT2D eigenvalue weighted by molar-refractivity contribution is 7.89. The predicted molar refractivity (Wildman–Crippen MR) is 115 cm³/mol. The number of benzene rings is 1. The number of aromatic amines is 1. The van der Waals surface area contributed by atoms with Crippen molar-refractivity contribution in [3.63, 3.8) is 0 Å². The average molecular weight is 449 g/mol. The molecule has 4 rings (SSSR count). The summed E-state index contributed by atoms with van der Waals surface area (Å²) in [5.74, 6) is -0.115. The quantitative estimate of drug-likeness (QED) is 0.662. The van der Waals surface area contributed by atoms with Crippen molar-refractivity contribution >= 4 is 37.4 Å². The minimum absolute atomic E-state index is 0.115. The molecule has 8 nitrogen and oxygen atoms in total. The van der Waals surface area contributed by atoms with Gasteiger partial charge < -0.3 is 9.64 Å². The summed E-state index contributed by atoms with van der Waals surface area (Å²) < 4.78 is 35.1. The van der Waals surface area contributed by atoms with Gasteiger partial charge in [0.2, 0.25) is 10.0 Å². The van der Waals surface area contributed by atoms with Crippen LogP contribution in [0.15, 0.2) is 29.2 Å². The number of H-pyrrole nitrogens is 1. The van der Waals surface area contributed by atoms with Crippen molar-refractivity contribution in [1.29, 1.82) is 0 Å². The van der Waals surface area contributed by atoms with Crippen LogP contribution in [0.25, 0.3) is 10.1 Å². The lowest BCUT2D eigenvalue weighted by atomic mass is 10.0. The van der Waals surface area contributed by atoms with Gasteiger partial charge in [0.15, 0.2) is 0 Å². The van der Waals surface area contributed by atoms with Gasteiger partial charge in [0.05, 0.1) is 29.0 Å². The van der Waals surface area contributed by atoms with Gasteiger partial charge in [-0.25, -0.2) is 8.42 Å². The van der Waals surface area contributed by atoms with Gasteiger partial charge in [-0.3, -0.25) is 9.89 Å². The Labute approximate surface area is 179 Å². The minimum atomic E-state index is -3.74. The maximum atomic E-state index is 13.3. The van der Waals surface area contributed by atoms with Crippen LogP contribution in [0.1, 0.15) is 32.7 Å². The van der Waals surface area contributed by atoms with Gasteiger partial charge in [-0.2, -0.15) is 9.40 Å². The third-order valence-corrected chi connectivity index (χ3v) is 8.55. The molecule has 1 unspecified atom stereocenters. The number of aromatic nitrogens is 2. The molecule has 0 spiro atoms. The SMILES string of the molecule is Cc1n[nH]c(C)c1S(=O)(=O)N1CCOC(c2c(C(=O)N(C)C)sc3ccccc23)C1. The Morgan fingerprint density at radius 3 is 2.70 bits per heavy atom. The predicted octanol–water partition coefficient (Wildman–Crippen LogP) is 2.71. The number of thiophene rings is 1. The molecule has 160 valence electrons. The van der Waals surface area contributed by atoms with E-state index in [0.29, 0.717) is 16.3 Å². The van der Waals surface area contributed by atoms with Crippen LogP contribution in [0.2, 0.25) is 0 Å². The number of fused-ring (bicyclic) bond motifs is 1. The zero-order valence-electron chi connectivity index (χ0n) is 17.3. The third kappa shape index (κ3) is 3.43. The second-order valence-corrected chi connectivity index (χ2v) is 10.5. The molecule has 30 heavy (non-hydrogen) atoms. The van der Waals surface area contributed by atoms with E-state index >= 15 is 0 Å². The molecule has 0 bridgehead atoms. The van der Waals surface area contributed by atoms with Gasteiger partial charge in [0, 0.05) is 37.4 Å². The fraction of sp³-hybridized carbons (Fsp3) is 0.400. The van der Waals surface area contributed by atoms with E-state index in [1.807, 2.05) is 24.3 Å². The molecule has 2 aromatic heterocycles. The summed E-state index contributed by atoms with van der Waals surface area (Å²) in [5.41, 5.74) is 1.72. The number of amides is 1. The summed E-state index contributed by atoms with van der Waals surface area (Å²) in [4.78, 5) is 15.2. The molecule has 1 atom stereocenters. The normalized spacial score (nSPS) is 18.1. The van der Waals surface area contributed by atoms with Crippen LogP contribution in [0.5, 0.6) is 0 Å². The lowest BCUT2D eigenvalue weighted by Crippen LogP contribution is -2.42. The monoisotopic (exact) mass is 448 g/mol. The van der Waals surface area contributed by atoms with Gasteiger partial charge in [0.1, 0.15) is 4.90 Å². The Hall–Kier alpha value is -2.27. The lowest BCUT2D eigenvalue weighted by Gasteiger charge is -2.32. The zero-order valence-corrected chi connectivity index (χ0v) is 18.9. The van der Waals surface area contributed by atoms with Crippen LogP contribution in [-0.2, 0) is 14.8 Å². The molecule has 3 aromatic rings. The van der Waals surface area contributed by atoms with E-state index in [1.54, 1.807) is 27.9 Å². The number of aryl methyl sites for hydroxylation is 2. The molecule has 1 N–H and O–H groups in total. The van der Waals surface area contributed by atoms with Crippen molar-refractivity contribution in [2.75, 3.05) is 33.8 Å². The second kappa shape index (κ2) is 7.77. The molecule has 1 saturated heterocycles. The standard InChI is InChI=1S/C20H24N4O4S2/c1-12-19(13(2)22-21-12)30(26,27)24-9-10-28-15(11-24)17-14-7-5-6-8-16(14)29-18(17)20(25)23(3)4/h5-8,15H,9-11H2,1-4H3,(H,21,22). The van der Waals surface area contributed by atoms with Crippen molar-refractivity contribution in [3.05, 3.63) is 46.1 Å². The summed E-state index contributed by atoms with van der Waals surface area (Å²) in [6, 6.07) is 7.76. The summed E-state index contributed by atoms with van der Waals surface area (Å²) in [6.07, 6.45) is -0.531. The molecule has 10 heteroatoms. The van der Waals surface area contributed by atoms with Crippen LogP contribution in [0.3, 0.4) is 0 Å². The van der Waals surface area contributed by atoms with Gasteiger partial charge in [-0.15, -0.1) is 11.3 Å².